The first-order valence-electron chi connectivity index (χ1n) is 9.39. The topological polar surface area (TPSA) is 120 Å². The molecule has 2 amide bonds. The molecule has 0 aliphatic carbocycles. The summed E-state index contributed by atoms with van der Waals surface area (Å²) in [4.78, 5) is 28.0. The summed E-state index contributed by atoms with van der Waals surface area (Å²) < 4.78 is 15.9. The fourth-order valence-electron chi connectivity index (χ4n) is 2.76. The smallest absolute Gasteiger partial charge is 0.273 e. The number of hydrogen-bond donors (Lipinski definition) is 3. The van der Waals surface area contributed by atoms with Gasteiger partial charge in [0.1, 0.15) is 11.9 Å². The molecule has 3 N–H and O–H groups in total. The van der Waals surface area contributed by atoms with Crippen LogP contribution in [0.4, 0.5) is 4.39 Å². The van der Waals surface area contributed by atoms with Crippen molar-refractivity contribution in [2.45, 2.75) is 25.7 Å². The van der Waals surface area contributed by atoms with Crippen molar-refractivity contribution in [2.75, 3.05) is 20.6 Å². The first-order valence-corrected chi connectivity index (χ1v) is 9.39. The van der Waals surface area contributed by atoms with Crippen molar-refractivity contribution in [3.8, 4) is 0 Å². The molecule has 0 bridgehead atoms. The summed E-state index contributed by atoms with van der Waals surface area (Å²) in [6.07, 6.45) is 3.67. The third-order valence-electron chi connectivity index (χ3n) is 4.40. The number of nitrogens with zero attached hydrogens (tertiary/aromatic N) is 6. The summed E-state index contributed by atoms with van der Waals surface area (Å²) in [5.41, 5.74) is 4.13. The van der Waals surface area contributed by atoms with Crippen LogP contribution in [-0.4, -0.2) is 68.7 Å². The van der Waals surface area contributed by atoms with E-state index in [1.165, 1.54) is 17.9 Å². The van der Waals surface area contributed by atoms with Crippen LogP contribution in [0.5, 0.6) is 0 Å². The van der Waals surface area contributed by atoms with E-state index < -0.39 is 6.17 Å². The molecule has 11 nitrogen and oxygen atoms in total. The molecule has 3 heterocycles. The number of halogens is 1. The Labute approximate surface area is 172 Å². The monoisotopic (exact) mass is 417 g/mol. The van der Waals surface area contributed by atoms with Gasteiger partial charge in [0.2, 0.25) is 0 Å². The molecule has 1 aliphatic rings. The summed E-state index contributed by atoms with van der Waals surface area (Å²) in [5.74, 6) is -0.656. The highest BCUT2D eigenvalue weighted by Gasteiger charge is 2.25. The predicted octanol–water partition coefficient (Wildman–Crippen LogP) is -0.414. The second-order valence-electron chi connectivity index (χ2n) is 6.64. The van der Waals surface area contributed by atoms with Gasteiger partial charge in [-0.1, -0.05) is 11.3 Å². The molecule has 1 atom stereocenters. The highest BCUT2D eigenvalue weighted by atomic mass is 19.1. The van der Waals surface area contributed by atoms with E-state index in [1.54, 1.807) is 35.6 Å². The first kappa shape index (κ1) is 21.2. The molecule has 2 aromatic rings. The average Bonchev–Trinajstić information content (AvgIpc) is 3.38. The number of alkyl halides is 1. The molecule has 0 radical (unpaired) electrons. The zero-order chi connectivity index (χ0) is 21.5. The van der Waals surface area contributed by atoms with Crippen LogP contribution in [0.2, 0.25) is 0 Å². The zero-order valence-electron chi connectivity index (χ0n) is 16.7. The third-order valence-corrected chi connectivity index (χ3v) is 4.40. The fraction of sp³-hybridized carbons (Fsp3) is 0.389. The highest BCUT2D eigenvalue weighted by molar-refractivity contribution is 5.92. The van der Waals surface area contributed by atoms with Crippen LogP contribution in [0.25, 0.3) is 0 Å². The lowest BCUT2D eigenvalue weighted by atomic mass is 10.2. The zero-order valence-corrected chi connectivity index (χ0v) is 16.7. The number of amides is 2. The van der Waals surface area contributed by atoms with Gasteiger partial charge in [0.05, 0.1) is 25.0 Å². The molecular weight excluding hydrogens is 393 g/mol. The maximum Gasteiger partial charge on any atom is 0.273 e. The van der Waals surface area contributed by atoms with Crippen LogP contribution in [0, 0.1) is 0 Å². The first-order chi connectivity index (χ1) is 14.5. The van der Waals surface area contributed by atoms with E-state index in [0.717, 1.165) is 5.69 Å². The number of pyridine rings is 1. The molecule has 1 unspecified atom stereocenters. The molecule has 160 valence electrons. The maximum atomic E-state index is 14.5. The van der Waals surface area contributed by atoms with E-state index >= 15 is 0 Å². The van der Waals surface area contributed by atoms with Crippen molar-refractivity contribution >= 4 is 11.8 Å². The van der Waals surface area contributed by atoms with Crippen LogP contribution in [0.3, 0.4) is 0 Å². The van der Waals surface area contributed by atoms with Crippen LogP contribution >= 0.6 is 0 Å². The van der Waals surface area contributed by atoms with Crippen molar-refractivity contribution in [1.29, 1.82) is 0 Å². The van der Waals surface area contributed by atoms with Crippen molar-refractivity contribution in [1.82, 2.24) is 46.2 Å². The number of hydrazine groups is 2. The molecule has 30 heavy (non-hydrogen) atoms. The SMILES string of the molecule is CNC(=O)c1cn(CCC(F)CN2C=C(C(=O)NCc3ccccn3)NN2C)nn1. The number of nitrogens with one attached hydrogen (secondary N) is 3. The Hall–Kier alpha value is -3.54. The van der Waals surface area contributed by atoms with E-state index in [-0.39, 0.29) is 37.0 Å². The molecule has 0 saturated heterocycles. The van der Waals surface area contributed by atoms with Gasteiger partial charge in [-0.15, -0.1) is 10.2 Å². The minimum Gasteiger partial charge on any atom is -0.354 e. The fourth-order valence-corrected chi connectivity index (χ4v) is 2.76. The number of rotatable bonds is 9. The van der Waals surface area contributed by atoms with Crippen molar-refractivity contribution in [2.24, 2.45) is 0 Å². The van der Waals surface area contributed by atoms with Crippen molar-refractivity contribution in [3.63, 3.8) is 0 Å². The Morgan fingerprint density at radius 2 is 2.13 bits per heavy atom. The lowest BCUT2D eigenvalue weighted by Crippen LogP contribution is -2.43. The Kier molecular flexibility index (Phi) is 6.91. The molecular formula is C18H24FN9O2. The van der Waals surface area contributed by atoms with Gasteiger partial charge >= 0.3 is 0 Å². The quantitative estimate of drug-likeness (QED) is 0.504. The lowest BCUT2D eigenvalue weighted by Gasteiger charge is -2.25. The predicted molar refractivity (Wildman–Crippen MR) is 105 cm³/mol. The van der Waals surface area contributed by atoms with E-state index in [1.807, 2.05) is 12.1 Å². The third kappa shape index (κ3) is 5.50. The van der Waals surface area contributed by atoms with Crippen LogP contribution in [0.15, 0.2) is 42.5 Å². The standard InChI is InChI=1S/C18H24FN9O2/c1-20-17(29)15-11-27(25-23-15)8-6-13(19)10-28-12-16(24-26(28)2)18(30)22-9-14-5-3-4-7-21-14/h3-5,7,11-13,24H,6,8-10H2,1-2H3,(H,20,29)(H,22,30). The van der Waals surface area contributed by atoms with Crippen molar-refractivity contribution in [3.05, 3.63) is 53.9 Å². The van der Waals surface area contributed by atoms with Gasteiger partial charge in [0.25, 0.3) is 11.8 Å². The van der Waals surface area contributed by atoms with E-state index in [2.05, 4.69) is 31.4 Å². The summed E-state index contributed by atoms with van der Waals surface area (Å²) in [6, 6.07) is 5.46. The molecule has 3 rings (SSSR count). The van der Waals surface area contributed by atoms with Crippen LogP contribution in [-0.2, 0) is 17.9 Å². The molecule has 0 saturated carbocycles. The van der Waals surface area contributed by atoms with E-state index in [4.69, 9.17) is 0 Å². The average molecular weight is 417 g/mol. The normalized spacial score (nSPS) is 14.8. The number of carbonyl (C=O) groups excluding carboxylic acids is 2. The molecule has 12 heteroatoms. The Balaban J connectivity index is 1.47. The van der Waals surface area contributed by atoms with Gasteiger partial charge in [-0.3, -0.25) is 29.7 Å². The number of aryl methyl sites for hydroxylation is 1. The second-order valence-corrected chi connectivity index (χ2v) is 6.64. The lowest BCUT2D eigenvalue weighted by molar-refractivity contribution is -0.118. The maximum absolute atomic E-state index is 14.5. The Bertz CT molecular complexity index is 902. The Morgan fingerprint density at radius 1 is 1.30 bits per heavy atom. The molecule has 2 aromatic heterocycles. The number of aromatic nitrogens is 4. The van der Waals surface area contributed by atoms with Crippen LogP contribution in [0.1, 0.15) is 22.6 Å². The van der Waals surface area contributed by atoms with Gasteiger partial charge in [0.15, 0.2) is 5.69 Å². The largest absolute Gasteiger partial charge is 0.354 e. The molecule has 0 aromatic carbocycles. The summed E-state index contributed by atoms with van der Waals surface area (Å²) >= 11 is 0. The van der Waals surface area contributed by atoms with E-state index in [9.17, 15) is 14.0 Å². The highest BCUT2D eigenvalue weighted by Crippen LogP contribution is 2.12. The van der Waals surface area contributed by atoms with E-state index in [0.29, 0.717) is 12.2 Å². The molecule has 0 spiro atoms. The minimum absolute atomic E-state index is 0.0531. The van der Waals surface area contributed by atoms with Gasteiger partial charge in [-0.2, -0.15) is 0 Å². The number of carbonyl (C=O) groups is 2. The molecule has 1 aliphatic heterocycles. The van der Waals surface area contributed by atoms with Gasteiger partial charge < -0.3 is 10.6 Å². The van der Waals surface area contributed by atoms with Crippen molar-refractivity contribution < 1.29 is 14.0 Å². The second kappa shape index (κ2) is 9.78. The van der Waals surface area contributed by atoms with Gasteiger partial charge in [0, 0.05) is 39.5 Å². The van der Waals surface area contributed by atoms with Gasteiger partial charge in [-0.25, -0.2) is 4.39 Å². The summed E-state index contributed by atoms with van der Waals surface area (Å²) in [7, 11) is 3.19. The Morgan fingerprint density at radius 3 is 2.87 bits per heavy atom. The number of hydrogen-bond acceptors (Lipinski definition) is 8. The summed E-state index contributed by atoms with van der Waals surface area (Å²) in [6.45, 7) is 0.624. The van der Waals surface area contributed by atoms with Crippen LogP contribution < -0.4 is 16.1 Å². The van der Waals surface area contributed by atoms with Gasteiger partial charge in [-0.05, 0) is 12.1 Å². The minimum atomic E-state index is -1.19. The summed E-state index contributed by atoms with van der Waals surface area (Å²) in [5, 5.41) is 15.9. The molecule has 0 fully saturated rings.